The molecular weight excluding hydrogens is 1050 g/mol. The van der Waals surface area contributed by atoms with Crippen LogP contribution in [-0.4, -0.2) is 34.0 Å². The average molecular weight is 1090 g/mol. The van der Waals surface area contributed by atoms with E-state index in [9.17, 15) is 29.4 Å². The molecule has 9 aromatic rings. The van der Waals surface area contributed by atoms with E-state index in [4.69, 9.17) is 55.9 Å². The van der Waals surface area contributed by atoms with E-state index < -0.39 is 35.3 Å². The summed E-state index contributed by atoms with van der Waals surface area (Å²) in [6.45, 7) is 3.82. The summed E-state index contributed by atoms with van der Waals surface area (Å²) in [6, 6.07) is 42.1. The fourth-order valence-corrected chi connectivity index (χ4v) is 8.87. The maximum Gasteiger partial charge on any atom is 0.343 e. The minimum atomic E-state index is -0.687. The van der Waals surface area contributed by atoms with Gasteiger partial charge >= 0.3 is 11.9 Å². The monoisotopic (exact) mass is 1090 g/mol. The first kappa shape index (κ1) is 52.2. The second-order valence-electron chi connectivity index (χ2n) is 17.0. The standard InChI is InChI=1S/C58H40Cl4N6O8/c1-3-31-21-35(57(73)75-49-19-13-37(59)29-47(49)61)25-41(23-31)65-67-51-43-11-7-5-9-33(43)27-45(53(51)69)55(71)63-39-15-17-40(18-16-39)64-56(72)46-28-34-10-6-8-12-44(34)52(54(46)70)68-66-42-24-32(4-2)22-36(26-42)58(74)76-50-20-14-38(60)30-48(50)62/h5-30,69-70H,3-4H2,1-2H3,(H,63,71)(H,64,72). The van der Waals surface area contributed by atoms with Crippen molar-refractivity contribution in [3.8, 4) is 23.0 Å². The van der Waals surface area contributed by atoms with E-state index in [1.807, 2.05) is 13.8 Å². The SMILES string of the molecule is CCc1cc(N=Nc2c(O)c(C(=O)Nc3ccc(NC(=O)c4cc5ccccc5c(N=Nc5cc(CC)cc(C(=O)Oc6ccc(Cl)cc6Cl)c5)c4O)cc3)cc3ccccc23)cc(C(=O)Oc2ccc(Cl)cc2Cl)c1. The Kier molecular flexibility index (Phi) is 15.7. The summed E-state index contributed by atoms with van der Waals surface area (Å²) in [7, 11) is 0. The van der Waals surface area contributed by atoms with Gasteiger partial charge in [0, 0.05) is 32.2 Å². The fraction of sp³-hybridized carbons (Fsp3) is 0.0690. The van der Waals surface area contributed by atoms with Crippen molar-refractivity contribution in [3.05, 3.63) is 211 Å². The number of phenolic OH excluding ortho intramolecular Hbond substituents is 2. The van der Waals surface area contributed by atoms with Crippen LogP contribution in [0.4, 0.5) is 34.1 Å². The number of azo groups is 2. The zero-order valence-corrected chi connectivity index (χ0v) is 43.1. The van der Waals surface area contributed by atoms with Gasteiger partial charge in [0.25, 0.3) is 11.8 Å². The van der Waals surface area contributed by atoms with Crippen molar-refractivity contribution in [2.45, 2.75) is 26.7 Å². The Bertz CT molecular complexity index is 3620. The van der Waals surface area contributed by atoms with E-state index in [0.29, 0.717) is 55.8 Å². The number of nitrogens with zero attached hydrogens (tertiary/aromatic N) is 4. The molecule has 9 aromatic carbocycles. The topological polar surface area (TPSA) is 201 Å². The number of amides is 2. The molecule has 0 heterocycles. The molecule has 9 rings (SSSR count). The van der Waals surface area contributed by atoms with Gasteiger partial charge in [-0.25, -0.2) is 9.59 Å². The summed E-state index contributed by atoms with van der Waals surface area (Å²) in [5.41, 5.74) is 2.92. The van der Waals surface area contributed by atoms with Gasteiger partial charge in [0.15, 0.2) is 11.5 Å². The molecule has 0 fully saturated rings. The van der Waals surface area contributed by atoms with Gasteiger partial charge in [-0.05, 0) is 144 Å². The lowest BCUT2D eigenvalue weighted by Crippen LogP contribution is -2.13. The molecule has 0 unspecified atom stereocenters. The predicted molar refractivity (Wildman–Crippen MR) is 296 cm³/mol. The lowest BCUT2D eigenvalue weighted by molar-refractivity contribution is 0.0725. The van der Waals surface area contributed by atoms with Crippen molar-refractivity contribution in [3.63, 3.8) is 0 Å². The van der Waals surface area contributed by atoms with Crippen molar-refractivity contribution in [2.75, 3.05) is 10.6 Å². The number of nitrogens with one attached hydrogen (secondary N) is 2. The Balaban J connectivity index is 0.920. The molecule has 0 aromatic heterocycles. The maximum absolute atomic E-state index is 13.9. The molecule has 0 aliphatic rings. The number of hydrogen-bond donors (Lipinski definition) is 4. The number of fused-ring (bicyclic) bond motifs is 2. The highest BCUT2D eigenvalue weighted by Crippen LogP contribution is 2.42. The number of carbonyl (C=O) groups is 4. The van der Waals surface area contributed by atoms with Crippen molar-refractivity contribution < 1.29 is 38.9 Å². The Morgan fingerprint density at radius 3 is 1.25 bits per heavy atom. The Hall–Kier alpha value is -8.66. The lowest BCUT2D eigenvalue weighted by atomic mass is 10.0. The molecule has 0 saturated carbocycles. The minimum Gasteiger partial charge on any atom is -0.505 e. The molecule has 0 aliphatic carbocycles. The maximum atomic E-state index is 13.9. The van der Waals surface area contributed by atoms with E-state index >= 15 is 0 Å². The van der Waals surface area contributed by atoms with E-state index in [-0.39, 0.29) is 66.5 Å². The van der Waals surface area contributed by atoms with Gasteiger partial charge in [-0.3, -0.25) is 9.59 Å². The number of benzene rings is 9. The van der Waals surface area contributed by atoms with Crippen molar-refractivity contribution >= 4 is 126 Å². The van der Waals surface area contributed by atoms with Gasteiger partial charge in [0.1, 0.15) is 22.9 Å². The normalized spacial score (nSPS) is 11.3. The molecule has 14 nitrogen and oxygen atoms in total. The first-order valence-electron chi connectivity index (χ1n) is 23.3. The molecule has 378 valence electrons. The molecule has 0 atom stereocenters. The van der Waals surface area contributed by atoms with Gasteiger partial charge in [-0.1, -0.05) is 109 Å². The number of hydrogen-bond acceptors (Lipinski definition) is 12. The average Bonchev–Trinajstić information content (AvgIpc) is 3.42. The third kappa shape index (κ3) is 11.8. The summed E-state index contributed by atoms with van der Waals surface area (Å²) in [5.74, 6) is -3.34. The van der Waals surface area contributed by atoms with Crippen LogP contribution in [0.5, 0.6) is 23.0 Å². The molecule has 18 heteroatoms. The second-order valence-corrected chi connectivity index (χ2v) is 18.7. The van der Waals surface area contributed by atoms with E-state index in [1.165, 1.54) is 48.5 Å². The van der Waals surface area contributed by atoms with Gasteiger partial charge in [-0.2, -0.15) is 10.2 Å². The van der Waals surface area contributed by atoms with Crippen LogP contribution in [0.15, 0.2) is 178 Å². The van der Waals surface area contributed by atoms with Crippen molar-refractivity contribution in [1.82, 2.24) is 0 Å². The molecule has 0 radical (unpaired) electrons. The Morgan fingerprint density at radius 1 is 0.474 bits per heavy atom. The fourth-order valence-electron chi connectivity index (χ4n) is 7.97. The number of aryl methyl sites for hydroxylation is 2. The smallest absolute Gasteiger partial charge is 0.343 e. The number of aromatic hydroxyl groups is 2. The number of rotatable bonds is 14. The molecular formula is C58H40Cl4N6O8. The molecule has 0 saturated heterocycles. The second kappa shape index (κ2) is 22.8. The lowest BCUT2D eigenvalue weighted by Gasteiger charge is -2.13. The third-order valence-corrected chi connectivity index (χ3v) is 12.9. The number of anilines is 2. The minimum absolute atomic E-state index is 0.0144. The van der Waals surface area contributed by atoms with Crippen molar-refractivity contribution in [2.24, 2.45) is 20.5 Å². The van der Waals surface area contributed by atoms with Crippen LogP contribution in [-0.2, 0) is 12.8 Å². The van der Waals surface area contributed by atoms with Crippen LogP contribution in [0.1, 0.15) is 66.4 Å². The van der Waals surface area contributed by atoms with Crippen LogP contribution >= 0.6 is 46.4 Å². The van der Waals surface area contributed by atoms with E-state index in [0.717, 1.165) is 11.1 Å². The van der Waals surface area contributed by atoms with Crippen molar-refractivity contribution in [1.29, 1.82) is 0 Å². The van der Waals surface area contributed by atoms with E-state index in [1.54, 1.807) is 109 Å². The summed E-state index contributed by atoms with van der Waals surface area (Å²) < 4.78 is 11.1. The van der Waals surface area contributed by atoms with Gasteiger partial charge < -0.3 is 30.3 Å². The van der Waals surface area contributed by atoms with Gasteiger partial charge in [0.05, 0.1) is 43.7 Å². The summed E-state index contributed by atoms with van der Waals surface area (Å²) >= 11 is 24.5. The largest absolute Gasteiger partial charge is 0.505 e. The van der Waals surface area contributed by atoms with Crippen LogP contribution in [0.3, 0.4) is 0 Å². The van der Waals surface area contributed by atoms with Crippen LogP contribution in [0, 0.1) is 0 Å². The zero-order chi connectivity index (χ0) is 53.6. The molecule has 4 N–H and O–H groups in total. The summed E-state index contributed by atoms with van der Waals surface area (Å²) in [6.07, 6.45) is 1.10. The summed E-state index contributed by atoms with van der Waals surface area (Å²) in [5, 5.41) is 49.7. The molecule has 0 aliphatic heterocycles. The quantitative estimate of drug-likeness (QED) is 0.0468. The van der Waals surface area contributed by atoms with Crippen LogP contribution in [0.25, 0.3) is 21.5 Å². The number of halogens is 4. The Labute approximate surface area is 454 Å². The molecule has 2 amide bonds. The molecule has 0 spiro atoms. The zero-order valence-electron chi connectivity index (χ0n) is 40.1. The van der Waals surface area contributed by atoms with Crippen LogP contribution < -0.4 is 20.1 Å². The third-order valence-electron chi connectivity index (χ3n) is 11.8. The highest BCUT2D eigenvalue weighted by atomic mass is 35.5. The number of phenols is 2. The number of carbonyl (C=O) groups excluding carboxylic acids is 4. The molecule has 76 heavy (non-hydrogen) atoms. The number of esters is 2. The van der Waals surface area contributed by atoms with Crippen LogP contribution in [0.2, 0.25) is 20.1 Å². The molecule has 0 bridgehead atoms. The first-order valence-corrected chi connectivity index (χ1v) is 24.8. The predicted octanol–water partition coefficient (Wildman–Crippen LogP) is 16.9. The van der Waals surface area contributed by atoms with Gasteiger partial charge in [0.2, 0.25) is 0 Å². The highest BCUT2D eigenvalue weighted by Gasteiger charge is 2.22. The van der Waals surface area contributed by atoms with E-state index in [2.05, 4.69) is 31.1 Å². The summed E-state index contributed by atoms with van der Waals surface area (Å²) in [4.78, 5) is 54.3. The number of ether oxygens (including phenoxy) is 2. The van der Waals surface area contributed by atoms with Gasteiger partial charge in [-0.15, -0.1) is 10.2 Å². The first-order chi connectivity index (χ1) is 36.6. The Morgan fingerprint density at radius 2 is 0.868 bits per heavy atom. The highest BCUT2D eigenvalue weighted by molar-refractivity contribution is 6.36.